The van der Waals surface area contributed by atoms with Crippen LogP contribution in [0.5, 0.6) is 17.2 Å². The van der Waals surface area contributed by atoms with Crippen molar-refractivity contribution in [3.8, 4) is 17.2 Å². The van der Waals surface area contributed by atoms with E-state index >= 15 is 0 Å². The van der Waals surface area contributed by atoms with Gasteiger partial charge in [0.1, 0.15) is 0 Å². The SMILES string of the molecule is COc1cc([C@@H]2CN3CCC[C@H]3c3ccccc32)cc(OC)c1OC. The summed E-state index contributed by atoms with van der Waals surface area (Å²) in [6, 6.07) is 13.6. The number of hydrogen-bond donors (Lipinski definition) is 0. The molecule has 2 aliphatic rings. The Morgan fingerprint density at radius 3 is 2.24 bits per heavy atom. The summed E-state index contributed by atoms with van der Waals surface area (Å²) in [6.07, 6.45) is 2.54. The quantitative estimate of drug-likeness (QED) is 0.843. The summed E-state index contributed by atoms with van der Waals surface area (Å²) < 4.78 is 16.6. The van der Waals surface area contributed by atoms with Gasteiger partial charge in [0, 0.05) is 18.5 Å². The monoisotopic (exact) mass is 339 g/mol. The lowest BCUT2D eigenvalue weighted by Crippen LogP contribution is -2.34. The maximum Gasteiger partial charge on any atom is 0.203 e. The summed E-state index contributed by atoms with van der Waals surface area (Å²) in [5.41, 5.74) is 4.12. The smallest absolute Gasteiger partial charge is 0.203 e. The van der Waals surface area contributed by atoms with Crippen molar-refractivity contribution in [3.63, 3.8) is 0 Å². The van der Waals surface area contributed by atoms with E-state index in [1.54, 1.807) is 21.3 Å². The predicted octanol–water partition coefficient (Wildman–Crippen LogP) is 3.99. The predicted molar refractivity (Wildman–Crippen MR) is 97.9 cm³/mol. The van der Waals surface area contributed by atoms with Crippen LogP contribution in [0.25, 0.3) is 0 Å². The molecule has 2 aliphatic heterocycles. The van der Waals surface area contributed by atoms with E-state index in [0.29, 0.717) is 17.7 Å². The van der Waals surface area contributed by atoms with Crippen molar-refractivity contribution in [1.29, 1.82) is 0 Å². The highest BCUT2D eigenvalue weighted by molar-refractivity contribution is 5.56. The lowest BCUT2D eigenvalue weighted by molar-refractivity contribution is 0.230. The highest BCUT2D eigenvalue weighted by Crippen LogP contribution is 2.47. The molecule has 0 radical (unpaired) electrons. The fraction of sp³-hybridized carbons (Fsp3) is 0.429. The average Bonchev–Trinajstić information content (AvgIpc) is 3.15. The molecule has 0 aromatic heterocycles. The number of ether oxygens (including phenoxy) is 3. The first-order valence-corrected chi connectivity index (χ1v) is 8.89. The van der Waals surface area contributed by atoms with Gasteiger partial charge in [0.05, 0.1) is 21.3 Å². The summed E-state index contributed by atoms with van der Waals surface area (Å²) in [6.45, 7) is 2.22. The van der Waals surface area contributed by atoms with Crippen LogP contribution in [0.15, 0.2) is 36.4 Å². The minimum Gasteiger partial charge on any atom is -0.493 e. The molecule has 2 aromatic rings. The number of methoxy groups -OCH3 is 3. The van der Waals surface area contributed by atoms with E-state index in [2.05, 4.69) is 41.3 Å². The molecule has 2 atom stereocenters. The van der Waals surface area contributed by atoms with Crippen LogP contribution in [0.4, 0.5) is 0 Å². The summed E-state index contributed by atoms with van der Waals surface area (Å²) in [4.78, 5) is 2.62. The molecule has 1 saturated heterocycles. The van der Waals surface area contributed by atoms with Gasteiger partial charge in [-0.05, 0) is 48.2 Å². The number of rotatable bonds is 4. The third-order valence-corrected chi connectivity index (χ3v) is 5.60. The van der Waals surface area contributed by atoms with Crippen molar-refractivity contribution in [2.45, 2.75) is 24.8 Å². The molecular formula is C21H25NO3. The molecule has 0 aliphatic carbocycles. The molecule has 0 amide bonds. The maximum atomic E-state index is 5.57. The Morgan fingerprint density at radius 2 is 1.60 bits per heavy atom. The molecule has 4 heteroatoms. The van der Waals surface area contributed by atoms with Gasteiger partial charge in [0.25, 0.3) is 0 Å². The third kappa shape index (κ3) is 2.65. The van der Waals surface area contributed by atoms with Crippen molar-refractivity contribution in [1.82, 2.24) is 4.90 Å². The summed E-state index contributed by atoms with van der Waals surface area (Å²) in [5, 5.41) is 0. The minimum atomic E-state index is 0.319. The largest absolute Gasteiger partial charge is 0.493 e. The Labute approximate surface area is 149 Å². The zero-order valence-corrected chi connectivity index (χ0v) is 15.1. The summed E-state index contributed by atoms with van der Waals surface area (Å²) in [5.74, 6) is 2.41. The average molecular weight is 339 g/mol. The van der Waals surface area contributed by atoms with E-state index < -0.39 is 0 Å². The molecular weight excluding hydrogens is 314 g/mol. The van der Waals surface area contributed by atoms with Crippen molar-refractivity contribution in [3.05, 3.63) is 53.1 Å². The van der Waals surface area contributed by atoms with E-state index in [1.165, 1.54) is 36.1 Å². The Hall–Kier alpha value is -2.20. The summed E-state index contributed by atoms with van der Waals surface area (Å²) in [7, 11) is 4.99. The minimum absolute atomic E-state index is 0.319. The zero-order chi connectivity index (χ0) is 17.4. The van der Waals surface area contributed by atoms with E-state index in [0.717, 1.165) is 18.0 Å². The lowest BCUT2D eigenvalue weighted by Gasteiger charge is -2.37. The number of fused-ring (bicyclic) bond motifs is 3. The van der Waals surface area contributed by atoms with Crippen LogP contribution in [0.1, 0.15) is 41.5 Å². The number of hydrogen-bond acceptors (Lipinski definition) is 4. The van der Waals surface area contributed by atoms with Gasteiger partial charge in [-0.15, -0.1) is 0 Å². The Kier molecular flexibility index (Phi) is 4.30. The van der Waals surface area contributed by atoms with Crippen LogP contribution in [0.3, 0.4) is 0 Å². The molecule has 1 fully saturated rings. The first-order chi connectivity index (χ1) is 12.3. The molecule has 0 unspecified atom stereocenters. The van der Waals surface area contributed by atoms with E-state index in [1.807, 2.05) is 0 Å². The molecule has 0 spiro atoms. The second-order valence-corrected chi connectivity index (χ2v) is 6.79. The van der Waals surface area contributed by atoms with Gasteiger partial charge in [-0.2, -0.15) is 0 Å². The molecule has 132 valence electrons. The van der Waals surface area contributed by atoms with E-state index in [-0.39, 0.29) is 0 Å². The Morgan fingerprint density at radius 1 is 0.920 bits per heavy atom. The van der Waals surface area contributed by atoms with Crippen LogP contribution in [0.2, 0.25) is 0 Å². The lowest BCUT2D eigenvalue weighted by atomic mass is 9.81. The molecule has 25 heavy (non-hydrogen) atoms. The van der Waals surface area contributed by atoms with Crippen LogP contribution >= 0.6 is 0 Å². The van der Waals surface area contributed by atoms with Crippen molar-refractivity contribution in [2.24, 2.45) is 0 Å². The second kappa shape index (κ2) is 6.60. The van der Waals surface area contributed by atoms with Gasteiger partial charge in [-0.1, -0.05) is 24.3 Å². The Balaban J connectivity index is 1.83. The van der Waals surface area contributed by atoms with Crippen LogP contribution in [-0.4, -0.2) is 39.3 Å². The molecule has 0 N–H and O–H groups in total. The molecule has 2 heterocycles. The van der Waals surface area contributed by atoms with Crippen molar-refractivity contribution in [2.75, 3.05) is 34.4 Å². The molecule has 4 rings (SSSR count). The van der Waals surface area contributed by atoms with Gasteiger partial charge in [-0.3, -0.25) is 4.90 Å². The zero-order valence-electron chi connectivity index (χ0n) is 15.1. The first kappa shape index (κ1) is 16.3. The van der Waals surface area contributed by atoms with E-state index in [9.17, 15) is 0 Å². The third-order valence-electron chi connectivity index (χ3n) is 5.60. The highest BCUT2D eigenvalue weighted by Gasteiger charge is 2.36. The number of nitrogens with zero attached hydrogens (tertiary/aromatic N) is 1. The van der Waals surface area contributed by atoms with Gasteiger partial charge in [-0.25, -0.2) is 0 Å². The topological polar surface area (TPSA) is 30.9 Å². The standard InChI is InChI=1S/C21H25NO3/c1-23-19-11-14(12-20(24-2)21(19)25-3)17-13-22-10-6-9-18(22)16-8-5-4-7-15(16)17/h4-5,7-8,11-12,17-18H,6,9-10,13H2,1-3H3/t17-,18-/m0/s1. The van der Waals surface area contributed by atoms with Crippen LogP contribution in [-0.2, 0) is 0 Å². The fourth-order valence-electron chi connectivity index (χ4n) is 4.45. The van der Waals surface area contributed by atoms with Crippen molar-refractivity contribution < 1.29 is 14.2 Å². The van der Waals surface area contributed by atoms with Gasteiger partial charge in [0.15, 0.2) is 11.5 Å². The number of benzene rings is 2. The molecule has 2 aromatic carbocycles. The Bertz CT molecular complexity index is 748. The molecule has 4 nitrogen and oxygen atoms in total. The highest BCUT2D eigenvalue weighted by atomic mass is 16.5. The van der Waals surface area contributed by atoms with Crippen LogP contribution < -0.4 is 14.2 Å². The van der Waals surface area contributed by atoms with Gasteiger partial charge >= 0.3 is 0 Å². The molecule has 0 bridgehead atoms. The second-order valence-electron chi connectivity index (χ2n) is 6.79. The van der Waals surface area contributed by atoms with Gasteiger partial charge < -0.3 is 14.2 Å². The van der Waals surface area contributed by atoms with E-state index in [4.69, 9.17) is 14.2 Å². The maximum absolute atomic E-state index is 5.57. The normalized spacial score (nSPS) is 22.2. The van der Waals surface area contributed by atoms with Crippen molar-refractivity contribution >= 4 is 0 Å². The van der Waals surface area contributed by atoms with Crippen LogP contribution in [0, 0.1) is 0 Å². The summed E-state index contributed by atoms with van der Waals surface area (Å²) >= 11 is 0. The molecule has 0 saturated carbocycles. The van der Waals surface area contributed by atoms with Gasteiger partial charge in [0.2, 0.25) is 5.75 Å². The fourth-order valence-corrected chi connectivity index (χ4v) is 4.45. The first-order valence-electron chi connectivity index (χ1n) is 8.89.